The molecule has 92 valence electrons. The Balaban J connectivity index is 5.23. The van der Waals surface area contributed by atoms with E-state index in [0.29, 0.717) is 0 Å². The van der Waals surface area contributed by atoms with Gasteiger partial charge in [-0.1, -0.05) is 0 Å². The van der Waals surface area contributed by atoms with Gasteiger partial charge in [0.2, 0.25) is 0 Å². The quantitative estimate of drug-likeness (QED) is 0.416. The molecule has 0 N–H and O–H groups in total. The lowest BCUT2D eigenvalue weighted by Gasteiger charge is -1.99. The highest BCUT2D eigenvalue weighted by Crippen LogP contribution is 2.07. The molecule has 13 nitrogen and oxygen atoms in total. The van der Waals surface area contributed by atoms with Crippen molar-refractivity contribution in [3.8, 4) is 0 Å². The van der Waals surface area contributed by atoms with E-state index < -0.39 is 34.9 Å². The highest BCUT2D eigenvalue weighted by Gasteiger charge is 2.41. The number of rotatable bonds is 4. The van der Waals surface area contributed by atoms with Gasteiger partial charge >= 0.3 is 34.9 Å². The van der Waals surface area contributed by atoms with Crippen molar-refractivity contribution in [2.24, 2.45) is 0 Å². The molecule has 0 heterocycles. The van der Waals surface area contributed by atoms with Gasteiger partial charge in [-0.05, 0) is 0 Å². The van der Waals surface area contributed by atoms with Gasteiger partial charge in [-0.15, -0.1) is 20.2 Å². The standard InChI is InChI=1S/CN2O11S2/c4-1(15(9,10)13-2(5)6)16(11,12)14-3(7)8. The Morgan fingerprint density at radius 3 is 1.31 bits per heavy atom. The molecule has 0 spiro atoms. The number of carbonyl (C=O) groups excluding carboxylic acids is 1. The minimum Gasteiger partial charge on any atom is -0.259 e. The minimum absolute atomic E-state index is 1.99. The second-order valence-electron chi connectivity index (χ2n) is 1.75. The molecule has 0 radical (unpaired) electrons. The molecule has 0 aliphatic rings. The maximum Gasteiger partial charge on any atom is 0.411 e. The van der Waals surface area contributed by atoms with Crippen LogP contribution in [0.25, 0.3) is 0 Å². The van der Waals surface area contributed by atoms with Crippen molar-refractivity contribution in [2.45, 2.75) is 0 Å². The van der Waals surface area contributed by atoms with Gasteiger partial charge in [0.05, 0.1) is 0 Å². The van der Waals surface area contributed by atoms with Crippen LogP contribution in [0.5, 0.6) is 0 Å². The Hall–Kier alpha value is -2.03. The summed E-state index contributed by atoms with van der Waals surface area (Å²) in [5.41, 5.74) is 0. The van der Waals surface area contributed by atoms with Crippen LogP contribution in [0.2, 0.25) is 0 Å². The molecule has 0 aromatic rings. The second kappa shape index (κ2) is 4.23. The van der Waals surface area contributed by atoms with Gasteiger partial charge < -0.3 is 0 Å². The molecule has 0 fully saturated rings. The van der Waals surface area contributed by atoms with E-state index in [9.17, 15) is 41.9 Å². The van der Waals surface area contributed by atoms with E-state index in [2.05, 4.69) is 8.57 Å². The average Bonchev–Trinajstić information content (AvgIpc) is 1.97. The first-order chi connectivity index (χ1) is 6.99. The lowest BCUT2D eigenvalue weighted by atomic mass is 11.8. The third-order valence-corrected chi connectivity index (χ3v) is 3.40. The van der Waals surface area contributed by atoms with Crippen molar-refractivity contribution in [1.29, 1.82) is 0 Å². The zero-order valence-corrected chi connectivity index (χ0v) is 8.33. The SMILES string of the molecule is O=C(S(=O)(=O)O[N+](=O)[O-])S(=O)(=O)O[N+](=O)[O-]. The van der Waals surface area contributed by atoms with Crippen LogP contribution in [-0.2, 0) is 28.8 Å². The number of nitrogens with zero attached hydrogens (tertiary/aromatic N) is 2. The van der Waals surface area contributed by atoms with Crippen molar-refractivity contribution in [3.63, 3.8) is 0 Å². The summed E-state index contributed by atoms with van der Waals surface area (Å²) < 4.78 is 44.4. The molecular formula is CN2O11S2. The van der Waals surface area contributed by atoms with Crippen molar-refractivity contribution >= 4 is 24.7 Å². The van der Waals surface area contributed by atoms with Gasteiger partial charge in [0.25, 0.3) is 0 Å². The summed E-state index contributed by atoms with van der Waals surface area (Å²) in [5, 5.41) is 15.1. The maximum atomic E-state index is 10.5. The number of carbonyl (C=O) groups is 1. The smallest absolute Gasteiger partial charge is 0.259 e. The predicted octanol–water partition coefficient (Wildman–Crippen LogP) is -1.82. The first kappa shape index (κ1) is 14.0. The van der Waals surface area contributed by atoms with Gasteiger partial charge in [-0.25, -0.2) is 0 Å². The van der Waals surface area contributed by atoms with Crippen LogP contribution >= 0.6 is 0 Å². The molecule has 0 atom stereocenters. The summed E-state index contributed by atoms with van der Waals surface area (Å²) in [5.74, 6) is 0. The van der Waals surface area contributed by atoms with Crippen LogP contribution in [0.15, 0.2) is 0 Å². The van der Waals surface area contributed by atoms with Crippen LogP contribution in [0.1, 0.15) is 0 Å². The molecule has 0 amide bonds. The van der Waals surface area contributed by atoms with E-state index in [0.717, 1.165) is 0 Å². The normalized spacial score (nSPS) is 11.5. The summed E-state index contributed by atoms with van der Waals surface area (Å²) in [4.78, 5) is 29.6. The highest BCUT2D eigenvalue weighted by molar-refractivity contribution is 8.27. The Morgan fingerprint density at radius 2 is 1.12 bits per heavy atom. The van der Waals surface area contributed by atoms with Gasteiger partial charge in [-0.2, -0.15) is 25.4 Å². The van der Waals surface area contributed by atoms with E-state index in [1.807, 2.05) is 0 Å². The fraction of sp³-hybridized carbons (Fsp3) is 0. The second-order valence-corrected chi connectivity index (χ2v) is 4.87. The van der Waals surface area contributed by atoms with Gasteiger partial charge in [0, 0.05) is 0 Å². The summed E-state index contributed by atoms with van der Waals surface area (Å²) in [7, 11) is -11.6. The summed E-state index contributed by atoms with van der Waals surface area (Å²) in [6.07, 6.45) is 0. The molecule has 0 aromatic heterocycles. The zero-order chi connectivity index (χ0) is 13.1. The molecule has 0 aliphatic carbocycles. The molecule has 0 rings (SSSR count). The monoisotopic (exact) mass is 280 g/mol. The number of hydrogen-bond donors (Lipinski definition) is 0. The Bertz CT molecular complexity index is 474. The molecule has 0 saturated carbocycles. The van der Waals surface area contributed by atoms with Gasteiger partial charge in [-0.3, -0.25) is 4.79 Å². The molecule has 0 bridgehead atoms. The lowest BCUT2D eigenvalue weighted by Crippen LogP contribution is -2.29. The zero-order valence-electron chi connectivity index (χ0n) is 6.70. The third-order valence-electron chi connectivity index (χ3n) is 0.726. The highest BCUT2D eigenvalue weighted by atomic mass is 32.3. The van der Waals surface area contributed by atoms with Crippen molar-refractivity contribution in [3.05, 3.63) is 20.2 Å². The third kappa shape index (κ3) is 3.61. The molecule has 0 aromatic carbocycles. The van der Waals surface area contributed by atoms with Crippen molar-refractivity contribution < 1.29 is 40.4 Å². The summed E-state index contributed by atoms with van der Waals surface area (Å²) in [6.45, 7) is 0. The molecule has 0 unspecified atom stereocenters. The van der Waals surface area contributed by atoms with E-state index in [1.54, 1.807) is 0 Å². The van der Waals surface area contributed by atoms with E-state index >= 15 is 0 Å². The van der Waals surface area contributed by atoms with Crippen molar-refractivity contribution in [2.75, 3.05) is 0 Å². The predicted molar refractivity (Wildman–Crippen MR) is 39.4 cm³/mol. The first-order valence-electron chi connectivity index (χ1n) is 2.71. The van der Waals surface area contributed by atoms with Crippen LogP contribution in [-0.4, -0.2) is 31.5 Å². The molecular weight excluding hydrogens is 280 g/mol. The van der Waals surface area contributed by atoms with E-state index in [4.69, 9.17) is 0 Å². The Morgan fingerprint density at radius 1 is 0.875 bits per heavy atom. The largest absolute Gasteiger partial charge is 0.411 e. The molecule has 15 heteroatoms. The summed E-state index contributed by atoms with van der Waals surface area (Å²) in [6, 6.07) is 0. The van der Waals surface area contributed by atoms with Crippen LogP contribution in [0.3, 0.4) is 0 Å². The Kier molecular flexibility index (Phi) is 3.69. The molecule has 0 aliphatic heterocycles. The topological polar surface area (TPSA) is 190 Å². The fourth-order valence-electron chi connectivity index (χ4n) is 0.346. The minimum atomic E-state index is -5.82. The van der Waals surface area contributed by atoms with E-state index in [1.165, 1.54) is 0 Å². The van der Waals surface area contributed by atoms with Crippen LogP contribution < -0.4 is 0 Å². The van der Waals surface area contributed by atoms with Crippen molar-refractivity contribution in [1.82, 2.24) is 0 Å². The van der Waals surface area contributed by atoms with E-state index in [-0.39, 0.29) is 0 Å². The fourth-order valence-corrected chi connectivity index (χ4v) is 1.97. The van der Waals surface area contributed by atoms with Crippen LogP contribution in [0, 0.1) is 20.2 Å². The summed E-state index contributed by atoms with van der Waals surface area (Å²) >= 11 is 0. The molecule has 0 saturated heterocycles. The van der Waals surface area contributed by atoms with Gasteiger partial charge in [0.15, 0.2) is 0 Å². The Labute approximate surface area is 86.0 Å². The maximum absolute atomic E-state index is 10.5. The van der Waals surface area contributed by atoms with Gasteiger partial charge in [0.1, 0.15) is 0 Å². The van der Waals surface area contributed by atoms with Crippen LogP contribution in [0.4, 0.5) is 4.79 Å². The first-order valence-corrected chi connectivity index (χ1v) is 5.52. The molecule has 16 heavy (non-hydrogen) atoms. The number of hydrogen-bond acceptors (Lipinski definition) is 11. The average molecular weight is 280 g/mol. The lowest BCUT2D eigenvalue weighted by molar-refractivity contribution is -0.711.